The number of aromatic nitrogens is 3. The minimum atomic E-state index is 0.293. The lowest BCUT2D eigenvalue weighted by Crippen LogP contribution is -2.42. The van der Waals surface area contributed by atoms with E-state index in [0.717, 1.165) is 73.1 Å². The van der Waals surface area contributed by atoms with Crippen LogP contribution in [0.15, 0.2) is 144 Å². The Bertz CT molecular complexity index is 2810. The molecule has 57 heavy (non-hydrogen) atoms. The van der Waals surface area contributed by atoms with Crippen molar-refractivity contribution in [3.63, 3.8) is 0 Å². The number of fused-ring (bicyclic) bond motifs is 5. The molecule has 0 spiro atoms. The first-order chi connectivity index (χ1) is 27.9. The van der Waals surface area contributed by atoms with E-state index in [9.17, 15) is 5.26 Å². The summed E-state index contributed by atoms with van der Waals surface area (Å²) in [5.74, 6) is 4.35. The number of furan rings is 1. The number of rotatable bonds is 7. The molecule has 0 saturated heterocycles. The van der Waals surface area contributed by atoms with Gasteiger partial charge in [0.1, 0.15) is 11.2 Å². The zero-order valence-electron chi connectivity index (χ0n) is 32.5. The third kappa shape index (κ3) is 6.50. The van der Waals surface area contributed by atoms with Crippen LogP contribution in [-0.2, 0) is 5.41 Å². The fourth-order valence-corrected chi connectivity index (χ4v) is 10.3. The molecule has 0 N–H and O–H groups in total. The van der Waals surface area contributed by atoms with Crippen LogP contribution in [0.3, 0.4) is 0 Å². The van der Waals surface area contributed by atoms with Gasteiger partial charge in [-0.2, -0.15) is 5.26 Å². The van der Waals surface area contributed by atoms with Crippen molar-refractivity contribution < 1.29 is 4.42 Å². The summed E-state index contributed by atoms with van der Waals surface area (Å²) < 4.78 is 6.23. The van der Waals surface area contributed by atoms with Gasteiger partial charge in [0, 0.05) is 27.5 Å². The third-order valence-corrected chi connectivity index (χ3v) is 12.8. The Morgan fingerprint density at radius 1 is 0.596 bits per heavy atom. The van der Waals surface area contributed by atoms with Gasteiger partial charge < -0.3 is 4.42 Å². The van der Waals surface area contributed by atoms with E-state index in [4.69, 9.17) is 19.4 Å². The summed E-state index contributed by atoms with van der Waals surface area (Å²) in [6.07, 6.45) is 8.02. The summed E-state index contributed by atoms with van der Waals surface area (Å²) in [6.45, 7) is 4.85. The lowest BCUT2D eigenvalue weighted by molar-refractivity contribution is 0.0702. The van der Waals surface area contributed by atoms with E-state index in [-0.39, 0.29) is 0 Å². The maximum absolute atomic E-state index is 9.45. The molecule has 2 bridgehead atoms. The molecule has 0 aliphatic heterocycles. The predicted molar refractivity (Wildman–Crippen MR) is 230 cm³/mol. The molecule has 2 aliphatic rings. The molecule has 6 aromatic carbocycles. The summed E-state index contributed by atoms with van der Waals surface area (Å²) in [7, 11) is 0. The highest BCUT2D eigenvalue weighted by Crippen LogP contribution is 2.55. The Balaban J connectivity index is 1.04. The number of hydrogen-bond donors (Lipinski definition) is 0. The van der Waals surface area contributed by atoms with Crippen molar-refractivity contribution in [2.24, 2.45) is 17.8 Å². The van der Waals surface area contributed by atoms with Crippen molar-refractivity contribution in [1.82, 2.24) is 15.0 Å². The molecule has 2 heterocycles. The van der Waals surface area contributed by atoms with Gasteiger partial charge in [-0.1, -0.05) is 123 Å². The summed E-state index contributed by atoms with van der Waals surface area (Å²) in [4.78, 5) is 15.4. The Kier molecular flexibility index (Phi) is 8.79. The molecule has 2 aliphatic carbocycles. The molecule has 2 saturated carbocycles. The Morgan fingerprint density at radius 2 is 1.30 bits per heavy atom. The Labute approximate surface area is 334 Å². The van der Waals surface area contributed by atoms with E-state index in [1.54, 1.807) is 6.07 Å². The van der Waals surface area contributed by atoms with E-state index < -0.39 is 0 Å². The van der Waals surface area contributed by atoms with Crippen LogP contribution in [0, 0.1) is 29.1 Å². The van der Waals surface area contributed by atoms with Crippen LogP contribution in [0.2, 0.25) is 0 Å². The first-order valence-corrected chi connectivity index (χ1v) is 20.4. The summed E-state index contributed by atoms with van der Waals surface area (Å²) in [6, 6.07) is 50.6. The van der Waals surface area contributed by atoms with Gasteiger partial charge in [0.05, 0.1) is 11.6 Å². The van der Waals surface area contributed by atoms with Crippen LogP contribution in [-0.4, -0.2) is 15.0 Å². The molecule has 10 rings (SSSR count). The molecule has 1 unspecified atom stereocenters. The Hall–Kier alpha value is -6.38. The van der Waals surface area contributed by atoms with E-state index in [1.807, 2.05) is 30.3 Å². The van der Waals surface area contributed by atoms with Gasteiger partial charge in [-0.05, 0) is 119 Å². The number of nitrogens with zero attached hydrogens (tertiary/aromatic N) is 4. The smallest absolute Gasteiger partial charge is 0.164 e. The van der Waals surface area contributed by atoms with Crippen LogP contribution in [0.4, 0.5) is 0 Å². The fraction of sp³-hybridized carbons (Fsp3) is 0.231. The zero-order valence-corrected chi connectivity index (χ0v) is 32.5. The average molecular weight is 741 g/mol. The van der Waals surface area contributed by atoms with Crippen molar-refractivity contribution >= 4 is 21.9 Å². The first-order valence-electron chi connectivity index (χ1n) is 20.4. The van der Waals surface area contributed by atoms with Crippen LogP contribution in [0.25, 0.3) is 78.4 Å². The summed E-state index contributed by atoms with van der Waals surface area (Å²) in [5, 5.41) is 11.4. The van der Waals surface area contributed by atoms with Crippen molar-refractivity contribution in [2.45, 2.75) is 57.8 Å². The predicted octanol–water partition coefficient (Wildman–Crippen LogP) is 13.5. The molecule has 0 radical (unpaired) electrons. The van der Waals surface area contributed by atoms with Gasteiger partial charge in [-0.15, -0.1) is 0 Å². The zero-order chi connectivity index (χ0) is 38.5. The maximum Gasteiger partial charge on any atom is 0.164 e. The van der Waals surface area contributed by atoms with Gasteiger partial charge in [-0.25, -0.2) is 15.0 Å². The standard InChI is InChI=1S/C52H44N4O/c1-3-34-25-36-24-33(2)29-52(30-34,31-36)42-20-17-37(18-21-42)43-14-7-8-15-45(43)51-55-49(38-10-5-4-6-11-38)54-50(56-51)41-13-9-12-39(27-41)40-19-22-44-46-26-35(32-53)16-23-47(46)57-48(44)28-40/h4-23,26-28,33-34,36H,3,24-25,29-31H2,1-2H3/t33-,34+,36-,52?/m0/s1. The quantitative estimate of drug-likeness (QED) is 0.163. The second kappa shape index (κ2) is 14.3. The number of benzene rings is 6. The molecular weight excluding hydrogens is 697 g/mol. The first kappa shape index (κ1) is 35.1. The largest absolute Gasteiger partial charge is 0.456 e. The van der Waals surface area contributed by atoms with Gasteiger partial charge in [-0.3, -0.25) is 0 Å². The molecule has 278 valence electrons. The normalized spacial score (nSPS) is 20.4. The fourth-order valence-electron chi connectivity index (χ4n) is 10.3. The van der Waals surface area contributed by atoms with Crippen molar-refractivity contribution in [3.05, 3.63) is 151 Å². The monoisotopic (exact) mass is 740 g/mol. The highest BCUT2D eigenvalue weighted by atomic mass is 16.3. The number of nitriles is 1. The van der Waals surface area contributed by atoms with Gasteiger partial charge in [0.25, 0.3) is 0 Å². The van der Waals surface area contributed by atoms with E-state index in [0.29, 0.717) is 28.5 Å². The lowest BCUT2D eigenvalue weighted by atomic mass is 9.54. The van der Waals surface area contributed by atoms with Crippen molar-refractivity contribution in [1.29, 1.82) is 5.26 Å². The van der Waals surface area contributed by atoms with Crippen molar-refractivity contribution in [2.75, 3.05) is 0 Å². The molecule has 4 atom stereocenters. The van der Waals surface area contributed by atoms with E-state index in [2.05, 4.69) is 123 Å². The van der Waals surface area contributed by atoms with Gasteiger partial charge in [0.15, 0.2) is 17.5 Å². The molecule has 5 heteroatoms. The van der Waals surface area contributed by atoms with Crippen LogP contribution >= 0.6 is 0 Å². The molecule has 2 aromatic heterocycles. The summed E-state index contributed by atoms with van der Waals surface area (Å²) >= 11 is 0. The molecule has 2 fully saturated rings. The van der Waals surface area contributed by atoms with Crippen LogP contribution in [0.5, 0.6) is 0 Å². The minimum absolute atomic E-state index is 0.293. The van der Waals surface area contributed by atoms with Gasteiger partial charge in [0.2, 0.25) is 0 Å². The molecule has 8 aromatic rings. The second-order valence-corrected chi connectivity index (χ2v) is 16.6. The molecule has 5 nitrogen and oxygen atoms in total. The Morgan fingerprint density at radius 3 is 2.11 bits per heavy atom. The molecule has 0 amide bonds. The van der Waals surface area contributed by atoms with Gasteiger partial charge >= 0.3 is 0 Å². The SMILES string of the molecule is CC[C@@H]1C[C@@H]2C[C@H](C)CC(c3ccc(-c4ccccc4-c4nc(-c5ccccc5)nc(-c5cccc(-c6ccc7c(c6)oc6ccc(C#N)cc67)c5)n4)cc3)(C1)C2. The third-order valence-electron chi connectivity index (χ3n) is 12.8. The maximum atomic E-state index is 9.45. The van der Waals surface area contributed by atoms with E-state index in [1.165, 1.54) is 49.7 Å². The highest BCUT2D eigenvalue weighted by molar-refractivity contribution is 6.06. The number of hydrogen-bond acceptors (Lipinski definition) is 5. The highest BCUT2D eigenvalue weighted by Gasteiger charge is 2.45. The lowest BCUT2D eigenvalue weighted by Gasteiger charge is -2.51. The summed E-state index contributed by atoms with van der Waals surface area (Å²) in [5.41, 5.74) is 11.1. The van der Waals surface area contributed by atoms with Crippen molar-refractivity contribution in [3.8, 4) is 62.5 Å². The second-order valence-electron chi connectivity index (χ2n) is 16.6. The van der Waals surface area contributed by atoms with Crippen LogP contribution < -0.4 is 0 Å². The topological polar surface area (TPSA) is 75.6 Å². The molecular formula is C52H44N4O. The minimum Gasteiger partial charge on any atom is -0.456 e. The van der Waals surface area contributed by atoms with E-state index >= 15 is 0 Å². The van der Waals surface area contributed by atoms with Crippen LogP contribution in [0.1, 0.15) is 63.5 Å². The average Bonchev–Trinajstić information content (AvgIpc) is 3.63.